The Balaban J connectivity index is 1.55. The number of methoxy groups -OCH3 is 1. The van der Waals surface area contributed by atoms with Gasteiger partial charge in [-0.15, -0.1) is 11.3 Å². The van der Waals surface area contributed by atoms with Crippen LogP contribution in [0.25, 0.3) is 27.5 Å². The first-order valence-electron chi connectivity index (χ1n) is 14.9. The molecule has 0 radical (unpaired) electrons. The molecule has 2 aromatic heterocycles. The zero-order valence-corrected chi connectivity index (χ0v) is 27.3. The number of carbonyl (C=O) groups is 1. The molecule has 3 aromatic carbocycles. The van der Waals surface area contributed by atoms with E-state index in [0.717, 1.165) is 24.1 Å². The third-order valence-corrected chi connectivity index (χ3v) is 10.1. The van der Waals surface area contributed by atoms with Crippen LogP contribution >= 0.6 is 11.3 Å². The zero-order chi connectivity index (χ0) is 32.6. The van der Waals surface area contributed by atoms with Crippen LogP contribution in [0.5, 0.6) is 5.75 Å². The SMILES string of the molecule is CCOC(=O)c1csc(-n2nc(CC3CC3)c(Cc3ccc([SH](C)(N)=O)cc3F)c2-c2ccc(F)c(-c3cccc(OC)c3)c2)n1. The Morgan fingerprint density at radius 2 is 1.89 bits per heavy atom. The molecule has 0 unspecified atom stereocenters. The number of carbonyl (C=O) groups excluding carboxylic acids is 1. The number of aromatic nitrogens is 3. The van der Waals surface area contributed by atoms with E-state index in [-0.39, 0.29) is 23.6 Å². The molecular weight excluding hydrogens is 631 g/mol. The number of halogens is 2. The number of hydrogen-bond acceptors (Lipinski definition) is 7. The number of nitrogens with zero attached hydrogens (tertiary/aromatic N) is 3. The Morgan fingerprint density at radius 1 is 1.09 bits per heavy atom. The second kappa shape index (κ2) is 12.9. The van der Waals surface area contributed by atoms with Crippen molar-refractivity contribution in [1.29, 1.82) is 0 Å². The lowest BCUT2D eigenvalue weighted by atomic mass is 9.94. The third-order valence-electron chi connectivity index (χ3n) is 7.94. The fraction of sp³-hybridized carbons (Fsp3) is 0.265. The minimum Gasteiger partial charge on any atom is -0.497 e. The van der Waals surface area contributed by atoms with Crippen LogP contribution in [0.2, 0.25) is 0 Å². The lowest BCUT2D eigenvalue weighted by molar-refractivity contribution is 0.0520. The van der Waals surface area contributed by atoms with Crippen molar-refractivity contribution in [3.8, 4) is 33.3 Å². The van der Waals surface area contributed by atoms with Gasteiger partial charge in [0, 0.05) is 39.6 Å². The number of hydrogen-bond donors (Lipinski definition) is 2. The van der Waals surface area contributed by atoms with Crippen LogP contribution in [0.4, 0.5) is 8.78 Å². The Labute approximate surface area is 270 Å². The van der Waals surface area contributed by atoms with Crippen LogP contribution in [0, 0.1) is 17.6 Å². The summed E-state index contributed by atoms with van der Waals surface area (Å²) in [6.07, 6.45) is 4.35. The smallest absolute Gasteiger partial charge is 0.357 e. The molecule has 1 fully saturated rings. The van der Waals surface area contributed by atoms with E-state index in [4.69, 9.17) is 19.7 Å². The van der Waals surface area contributed by atoms with Crippen LogP contribution in [0.1, 0.15) is 47.1 Å². The van der Waals surface area contributed by atoms with E-state index in [1.54, 1.807) is 72.6 Å². The summed E-state index contributed by atoms with van der Waals surface area (Å²) in [6.45, 7) is 1.93. The normalized spacial score (nSPS) is 13.5. The van der Waals surface area contributed by atoms with E-state index in [0.29, 0.717) is 51.2 Å². The van der Waals surface area contributed by atoms with E-state index in [2.05, 4.69) is 4.98 Å². The largest absolute Gasteiger partial charge is 0.497 e. The lowest BCUT2D eigenvalue weighted by Gasteiger charge is -2.15. The van der Waals surface area contributed by atoms with Gasteiger partial charge in [-0.25, -0.2) is 23.2 Å². The first-order valence-corrected chi connectivity index (χ1v) is 18.0. The number of thiol groups is 1. The summed E-state index contributed by atoms with van der Waals surface area (Å²) < 4.78 is 55.6. The highest BCUT2D eigenvalue weighted by Gasteiger charge is 2.30. The first-order chi connectivity index (χ1) is 22.0. The average Bonchev–Trinajstić information content (AvgIpc) is 3.59. The standard InChI is InChI=1S/C34H34F2N4O4S2/c1-4-44-33(41)31-19-45-34(38-31)40-32(23-11-13-28(35)26(17-23)21-6-5-7-24(15-21)43-2)27(30(39-40)14-20-8-9-20)16-22-10-12-25(18-29(22)36)46(3,37)42/h5-7,10-13,15,17-20,46H,4,8-9,14,16H2,1-3H3,(H2,37,42). The molecule has 240 valence electrons. The maximum Gasteiger partial charge on any atom is 0.357 e. The number of esters is 1. The number of nitrogens with two attached hydrogens (primary N) is 1. The highest BCUT2D eigenvalue weighted by molar-refractivity contribution is 8.00. The number of thiazole rings is 1. The molecule has 12 heteroatoms. The molecular formula is C34H34F2N4O4S2. The van der Waals surface area contributed by atoms with Crippen LogP contribution in [0.15, 0.2) is 70.9 Å². The predicted octanol–water partition coefficient (Wildman–Crippen LogP) is 6.55. The highest BCUT2D eigenvalue weighted by Crippen LogP contribution is 2.40. The fourth-order valence-electron chi connectivity index (χ4n) is 5.37. The summed E-state index contributed by atoms with van der Waals surface area (Å²) in [7, 11) is -1.61. The molecule has 0 spiro atoms. The van der Waals surface area contributed by atoms with Gasteiger partial charge in [-0.1, -0.05) is 18.2 Å². The molecule has 1 aliphatic carbocycles. The van der Waals surface area contributed by atoms with Gasteiger partial charge in [-0.3, -0.25) is 9.35 Å². The molecule has 1 saturated carbocycles. The van der Waals surface area contributed by atoms with E-state index >= 15 is 8.78 Å². The fourth-order valence-corrected chi connectivity index (χ4v) is 6.86. The molecule has 0 aliphatic heterocycles. The predicted molar refractivity (Wildman–Crippen MR) is 176 cm³/mol. The Morgan fingerprint density at radius 3 is 2.59 bits per heavy atom. The molecule has 0 saturated heterocycles. The molecule has 2 N–H and O–H groups in total. The summed E-state index contributed by atoms with van der Waals surface area (Å²) in [5.41, 5.74) is 4.25. The van der Waals surface area contributed by atoms with E-state index in [1.807, 2.05) is 0 Å². The topological polar surface area (TPSA) is 109 Å². The van der Waals surface area contributed by atoms with E-state index in [9.17, 15) is 9.00 Å². The van der Waals surface area contributed by atoms with Crippen LogP contribution in [0.3, 0.4) is 0 Å². The second-order valence-corrected chi connectivity index (χ2v) is 14.8. The average molecular weight is 665 g/mol. The van der Waals surface area contributed by atoms with Crippen molar-refractivity contribution in [2.45, 2.75) is 37.5 Å². The van der Waals surface area contributed by atoms with Crippen molar-refractivity contribution in [2.24, 2.45) is 11.1 Å². The van der Waals surface area contributed by atoms with Gasteiger partial charge in [-0.2, -0.15) is 5.10 Å². The Bertz CT molecular complexity index is 1980. The van der Waals surface area contributed by atoms with Crippen LogP contribution < -0.4 is 9.88 Å². The third kappa shape index (κ3) is 6.64. The second-order valence-electron chi connectivity index (χ2n) is 11.4. The summed E-state index contributed by atoms with van der Waals surface area (Å²) in [4.78, 5) is 17.3. The van der Waals surface area contributed by atoms with E-state index in [1.165, 1.54) is 29.7 Å². The summed E-state index contributed by atoms with van der Waals surface area (Å²) in [5.74, 6) is -0.473. The van der Waals surface area contributed by atoms with Crippen molar-refractivity contribution in [3.05, 3.63) is 100 Å². The molecule has 0 amide bonds. The zero-order valence-electron chi connectivity index (χ0n) is 25.6. The summed E-state index contributed by atoms with van der Waals surface area (Å²) in [6, 6.07) is 16.4. The molecule has 5 aromatic rings. The Kier molecular flexibility index (Phi) is 8.86. The van der Waals surface area contributed by atoms with Gasteiger partial charge < -0.3 is 9.47 Å². The van der Waals surface area contributed by atoms with Gasteiger partial charge in [0.15, 0.2) is 5.69 Å². The maximum atomic E-state index is 15.6. The molecule has 46 heavy (non-hydrogen) atoms. The van der Waals surface area contributed by atoms with Gasteiger partial charge in [-0.05, 0) is 95.8 Å². The van der Waals surface area contributed by atoms with Crippen molar-refractivity contribution < 1.29 is 27.3 Å². The maximum absolute atomic E-state index is 15.6. The molecule has 6 rings (SSSR count). The van der Waals surface area contributed by atoms with Gasteiger partial charge in [0.25, 0.3) is 0 Å². The van der Waals surface area contributed by atoms with Gasteiger partial charge in [0.05, 0.1) is 25.1 Å². The van der Waals surface area contributed by atoms with Gasteiger partial charge in [0.1, 0.15) is 17.4 Å². The highest BCUT2D eigenvalue weighted by atomic mass is 32.3. The first kappa shape index (κ1) is 31.7. The molecule has 0 atom stereocenters. The summed E-state index contributed by atoms with van der Waals surface area (Å²) in [5, 5.41) is 12.8. The number of ether oxygens (including phenoxy) is 2. The summed E-state index contributed by atoms with van der Waals surface area (Å²) >= 11 is 1.22. The number of rotatable bonds is 11. The van der Waals surface area contributed by atoms with Gasteiger partial charge in [0.2, 0.25) is 5.13 Å². The monoisotopic (exact) mass is 664 g/mol. The van der Waals surface area contributed by atoms with Crippen molar-refractivity contribution in [1.82, 2.24) is 14.8 Å². The van der Waals surface area contributed by atoms with Crippen molar-refractivity contribution >= 4 is 27.4 Å². The number of benzene rings is 3. The minimum atomic E-state index is -3.16. The van der Waals surface area contributed by atoms with E-state index < -0.39 is 27.7 Å². The van der Waals surface area contributed by atoms with Crippen molar-refractivity contribution in [2.75, 3.05) is 20.0 Å². The van der Waals surface area contributed by atoms with Crippen molar-refractivity contribution in [3.63, 3.8) is 0 Å². The minimum absolute atomic E-state index is 0.150. The molecule has 8 nitrogen and oxygen atoms in total. The van der Waals surface area contributed by atoms with Gasteiger partial charge >= 0.3 is 5.97 Å². The quantitative estimate of drug-likeness (QED) is 0.123. The molecule has 1 aliphatic rings. The van der Waals surface area contributed by atoms with Crippen LogP contribution in [-0.4, -0.2) is 44.9 Å². The lowest BCUT2D eigenvalue weighted by Crippen LogP contribution is -2.21. The molecule has 2 heterocycles. The van der Waals surface area contributed by atoms with Crippen LogP contribution in [-0.2, 0) is 27.7 Å². The Hall–Kier alpha value is -4.26. The molecule has 0 bridgehead atoms.